The van der Waals surface area contributed by atoms with Crippen molar-refractivity contribution < 1.29 is 18.0 Å². The Labute approximate surface area is 45.8 Å². The second-order valence-corrected chi connectivity index (χ2v) is 2.10. The third-order valence-corrected chi connectivity index (χ3v) is 0.541. The molecule has 0 aromatic heterocycles. The number of hydrogen-bond donors (Lipinski definition) is 2. The molecular formula is CH4N2O4S. The second kappa shape index (κ2) is 2.60. The highest BCUT2D eigenvalue weighted by Gasteiger charge is 1.96. The van der Waals surface area contributed by atoms with Gasteiger partial charge >= 0.3 is 16.7 Å². The van der Waals surface area contributed by atoms with E-state index in [1.165, 1.54) is 4.89 Å². The Bertz CT molecular complexity index is 159. The molecule has 8 heavy (non-hydrogen) atoms. The van der Waals surface area contributed by atoms with E-state index in [0.29, 0.717) is 0 Å². The molecule has 0 saturated carbocycles. The first-order valence-electron chi connectivity index (χ1n) is 1.45. The molecule has 0 spiro atoms. The van der Waals surface area contributed by atoms with E-state index in [0.717, 1.165) is 0 Å². The van der Waals surface area contributed by atoms with Gasteiger partial charge in [0.25, 0.3) is 0 Å². The van der Waals surface area contributed by atoms with Crippen LogP contribution in [0.2, 0.25) is 0 Å². The summed E-state index contributed by atoms with van der Waals surface area (Å²) < 4.78 is 19.5. The largest absolute Gasteiger partial charge is 0.358 e. The van der Waals surface area contributed by atoms with Crippen LogP contribution in [0.15, 0.2) is 0 Å². The molecule has 7 heteroatoms. The molecule has 6 nitrogen and oxygen atoms in total. The van der Waals surface area contributed by atoms with Crippen molar-refractivity contribution in [3.63, 3.8) is 0 Å². The van der Waals surface area contributed by atoms with Crippen LogP contribution in [0.1, 0.15) is 0 Å². The number of carbonyl (C=O) groups is 1. The van der Waals surface area contributed by atoms with E-state index >= 15 is 0 Å². The fraction of sp³-hybridized carbons (Fsp3) is 0. The van der Waals surface area contributed by atoms with Crippen molar-refractivity contribution in [2.75, 3.05) is 0 Å². The Kier molecular flexibility index (Phi) is 2.38. The van der Waals surface area contributed by atoms with E-state index in [2.05, 4.69) is 9.98 Å². The van der Waals surface area contributed by atoms with Crippen LogP contribution >= 0.6 is 0 Å². The van der Waals surface area contributed by atoms with Gasteiger partial charge in [-0.3, -0.25) is 4.79 Å². The molecule has 0 aliphatic rings. The van der Waals surface area contributed by atoms with E-state index in [1.807, 2.05) is 0 Å². The van der Waals surface area contributed by atoms with Crippen LogP contribution < -0.4 is 10.0 Å². The Morgan fingerprint density at radius 1 is 1.62 bits per heavy atom. The summed E-state index contributed by atoms with van der Waals surface area (Å²) in [4.78, 5) is 14.1. The number of hydrogen-bond acceptors (Lipinski definition) is 4. The fourth-order valence-electron chi connectivity index (χ4n) is 0.0867. The maximum Gasteiger partial charge on any atom is 0.314 e. The van der Waals surface area contributed by atoms with E-state index in [1.54, 1.807) is 0 Å². The molecule has 0 aliphatic heterocycles. The third-order valence-electron chi connectivity index (χ3n) is 0.212. The minimum absolute atomic E-state index is 0.0928. The summed E-state index contributed by atoms with van der Waals surface area (Å²) in [5, 5.41) is 4.30. The quantitative estimate of drug-likeness (QED) is 0.345. The number of carbonyl (C=O) groups excluding carboxylic acids is 1. The number of nitrogens with two attached hydrogens (primary N) is 1. The highest BCUT2D eigenvalue weighted by molar-refractivity contribution is 7.87. The molecule has 0 bridgehead atoms. The van der Waals surface area contributed by atoms with Crippen molar-refractivity contribution in [2.45, 2.75) is 0 Å². The van der Waals surface area contributed by atoms with Crippen molar-refractivity contribution in [3.8, 4) is 0 Å². The van der Waals surface area contributed by atoms with Gasteiger partial charge in [0.05, 0.1) is 0 Å². The third kappa shape index (κ3) is 5.34. The molecule has 0 atom stereocenters. The molecule has 0 aliphatic carbocycles. The summed E-state index contributed by atoms with van der Waals surface area (Å²) in [7, 11) is -3.89. The first-order chi connectivity index (χ1) is 3.56. The molecule has 0 aromatic rings. The average Bonchev–Trinajstić information content (AvgIpc) is 1.59. The Balaban J connectivity index is 3.57. The number of nitrogens with one attached hydrogen (secondary N) is 1. The maximum atomic E-state index is 9.77. The lowest BCUT2D eigenvalue weighted by Crippen LogP contribution is -2.30. The van der Waals surface area contributed by atoms with Crippen molar-refractivity contribution in [1.29, 1.82) is 0 Å². The van der Waals surface area contributed by atoms with Gasteiger partial charge in [0, 0.05) is 0 Å². The average molecular weight is 140 g/mol. The standard InChI is InChI=1S/CH4N2O4S/c2-8(5,6)3-7-1-4/h1,3H,(H2,2,5,6). The zero-order valence-corrected chi connectivity index (χ0v) is 4.51. The van der Waals surface area contributed by atoms with E-state index in [-0.39, 0.29) is 6.47 Å². The smallest absolute Gasteiger partial charge is 0.314 e. The monoisotopic (exact) mass is 140 g/mol. The molecule has 0 saturated heterocycles. The van der Waals surface area contributed by atoms with Gasteiger partial charge in [-0.25, -0.2) is 5.14 Å². The molecule has 0 rings (SSSR count). The van der Waals surface area contributed by atoms with Gasteiger partial charge in [0.2, 0.25) is 0 Å². The van der Waals surface area contributed by atoms with Gasteiger partial charge in [0.1, 0.15) is 0 Å². The highest BCUT2D eigenvalue weighted by atomic mass is 32.2. The predicted molar refractivity (Wildman–Crippen MR) is 23.4 cm³/mol. The normalized spacial score (nSPS) is 10.6. The van der Waals surface area contributed by atoms with Gasteiger partial charge in [-0.1, -0.05) is 0 Å². The van der Waals surface area contributed by atoms with E-state index in [4.69, 9.17) is 0 Å². The lowest BCUT2D eigenvalue weighted by Gasteiger charge is -1.92. The van der Waals surface area contributed by atoms with Gasteiger partial charge in [-0.15, -0.1) is 0 Å². The van der Waals surface area contributed by atoms with Crippen LogP contribution in [-0.4, -0.2) is 14.9 Å². The van der Waals surface area contributed by atoms with Crippen molar-refractivity contribution in [2.24, 2.45) is 5.14 Å². The number of rotatable bonds is 3. The van der Waals surface area contributed by atoms with E-state index in [9.17, 15) is 13.2 Å². The van der Waals surface area contributed by atoms with Crippen LogP contribution in [-0.2, 0) is 19.8 Å². The summed E-state index contributed by atoms with van der Waals surface area (Å²) in [6, 6.07) is 0. The summed E-state index contributed by atoms with van der Waals surface area (Å²) in [5.41, 5.74) is 0. The first-order valence-corrected chi connectivity index (χ1v) is 3.00. The molecule has 0 fully saturated rings. The molecule has 3 N–H and O–H groups in total. The molecule has 0 heterocycles. The summed E-state index contributed by atoms with van der Waals surface area (Å²) in [5.74, 6) is 0. The molecule has 0 amide bonds. The van der Waals surface area contributed by atoms with Crippen molar-refractivity contribution in [3.05, 3.63) is 0 Å². The second-order valence-electron chi connectivity index (χ2n) is 0.842. The zero-order chi connectivity index (χ0) is 6.62. The minimum Gasteiger partial charge on any atom is -0.358 e. The van der Waals surface area contributed by atoms with Crippen LogP contribution in [0.3, 0.4) is 0 Å². The van der Waals surface area contributed by atoms with Crippen LogP contribution in [0.25, 0.3) is 0 Å². The summed E-state index contributed by atoms with van der Waals surface area (Å²) >= 11 is 0. The fourth-order valence-corrected chi connectivity index (χ4v) is 0.260. The lowest BCUT2D eigenvalue weighted by molar-refractivity contribution is -0.131. The van der Waals surface area contributed by atoms with Crippen molar-refractivity contribution >= 4 is 16.7 Å². The summed E-state index contributed by atoms with van der Waals surface area (Å²) in [6.45, 7) is -0.0928. The van der Waals surface area contributed by atoms with Gasteiger partial charge in [-0.05, 0) is 4.89 Å². The van der Waals surface area contributed by atoms with Gasteiger partial charge in [0.15, 0.2) is 0 Å². The first kappa shape index (κ1) is 7.34. The molecule has 48 valence electrons. The molecule has 0 aromatic carbocycles. The maximum absolute atomic E-state index is 9.77. The minimum atomic E-state index is -3.89. The van der Waals surface area contributed by atoms with E-state index < -0.39 is 10.2 Å². The van der Waals surface area contributed by atoms with Crippen molar-refractivity contribution in [1.82, 2.24) is 4.89 Å². The Morgan fingerprint density at radius 2 is 2.12 bits per heavy atom. The Morgan fingerprint density at radius 3 is 2.25 bits per heavy atom. The van der Waals surface area contributed by atoms with Gasteiger partial charge in [-0.2, -0.15) is 8.42 Å². The lowest BCUT2D eigenvalue weighted by atomic mass is 11.6. The topological polar surface area (TPSA) is 98.5 Å². The van der Waals surface area contributed by atoms with Crippen LogP contribution in [0.5, 0.6) is 0 Å². The summed E-state index contributed by atoms with van der Waals surface area (Å²) in [6.07, 6.45) is 0. The van der Waals surface area contributed by atoms with Gasteiger partial charge < -0.3 is 4.84 Å². The SMILES string of the molecule is NS(=O)(=O)NOC=O. The molecular weight excluding hydrogens is 136 g/mol. The molecule has 0 radical (unpaired) electrons. The van der Waals surface area contributed by atoms with Crippen LogP contribution in [0, 0.1) is 0 Å². The zero-order valence-electron chi connectivity index (χ0n) is 3.70. The molecule has 0 unspecified atom stereocenters. The highest BCUT2D eigenvalue weighted by Crippen LogP contribution is 1.62. The van der Waals surface area contributed by atoms with Crippen LogP contribution in [0.4, 0.5) is 0 Å². The predicted octanol–water partition coefficient (Wildman–Crippen LogP) is -2.13. The Hall–Kier alpha value is -0.660.